The number of hydrogen-bond acceptors (Lipinski definition) is 4. The summed E-state index contributed by atoms with van der Waals surface area (Å²) >= 11 is 6.28. The molecule has 36 heavy (non-hydrogen) atoms. The van der Waals surface area contributed by atoms with Crippen LogP contribution in [0.4, 0.5) is 13.2 Å². The number of aromatic nitrogens is 2. The van der Waals surface area contributed by atoms with Crippen LogP contribution in [0.2, 0.25) is 5.02 Å². The summed E-state index contributed by atoms with van der Waals surface area (Å²) in [6.45, 7) is 7.30. The molecule has 0 radical (unpaired) electrons. The van der Waals surface area contributed by atoms with Crippen molar-refractivity contribution >= 4 is 23.4 Å². The zero-order valence-electron chi connectivity index (χ0n) is 21.1. The molecule has 1 aromatic heterocycles. The van der Waals surface area contributed by atoms with Crippen molar-refractivity contribution < 1.29 is 22.8 Å². The zero-order chi connectivity index (χ0) is 26.6. The number of nitrogens with one attached hydrogen (secondary N) is 1. The summed E-state index contributed by atoms with van der Waals surface area (Å²) in [6.07, 6.45) is 0.765. The number of carbonyl (C=O) groups is 2. The molecule has 196 valence electrons. The van der Waals surface area contributed by atoms with E-state index in [2.05, 4.69) is 10.3 Å². The lowest BCUT2D eigenvalue weighted by atomic mass is 9.85. The molecule has 1 saturated heterocycles. The van der Waals surface area contributed by atoms with Gasteiger partial charge in [0.15, 0.2) is 5.69 Å². The Labute approximate surface area is 213 Å². The second-order valence-corrected chi connectivity index (χ2v) is 11.3. The lowest BCUT2D eigenvalue weighted by molar-refractivity contribution is -0.169. The van der Waals surface area contributed by atoms with Crippen molar-refractivity contribution in [2.75, 3.05) is 26.7 Å². The van der Waals surface area contributed by atoms with Gasteiger partial charge in [0.05, 0.1) is 24.3 Å². The van der Waals surface area contributed by atoms with Crippen LogP contribution in [-0.4, -0.2) is 69.8 Å². The van der Waals surface area contributed by atoms with Crippen molar-refractivity contribution in [2.45, 2.75) is 59.2 Å². The molecule has 4 rings (SSSR count). The monoisotopic (exact) mass is 525 g/mol. The maximum Gasteiger partial charge on any atom is 0.282 e. The first-order valence-electron chi connectivity index (χ1n) is 11.9. The van der Waals surface area contributed by atoms with Crippen LogP contribution >= 0.6 is 11.6 Å². The predicted molar refractivity (Wildman–Crippen MR) is 131 cm³/mol. The van der Waals surface area contributed by atoms with Gasteiger partial charge in [-0.15, -0.1) is 0 Å². The number of likely N-dealkylation sites (tertiary alicyclic amines) is 1. The van der Waals surface area contributed by atoms with Crippen molar-refractivity contribution in [2.24, 2.45) is 5.41 Å². The first-order valence-corrected chi connectivity index (χ1v) is 12.3. The topological polar surface area (TPSA) is 70.5 Å². The number of carbonyl (C=O) groups excluding carboxylic acids is 2. The average molecular weight is 526 g/mol. The minimum Gasteiger partial charge on any atom is -0.338 e. The second kappa shape index (κ2) is 9.37. The Morgan fingerprint density at radius 1 is 1.19 bits per heavy atom. The van der Waals surface area contributed by atoms with Gasteiger partial charge in [0.2, 0.25) is 5.91 Å². The van der Waals surface area contributed by atoms with Crippen LogP contribution < -0.4 is 5.32 Å². The van der Waals surface area contributed by atoms with Crippen LogP contribution in [0, 0.1) is 18.2 Å². The maximum atomic E-state index is 15.0. The van der Waals surface area contributed by atoms with Crippen molar-refractivity contribution in [1.82, 2.24) is 24.7 Å². The maximum absolute atomic E-state index is 15.0. The molecule has 1 unspecified atom stereocenters. The summed E-state index contributed by atoms with van der Waals surface area (Å²) in [5.74, 6) is -4.32. The molecular weight excluding hydrogens is 495 g/mol. The van der Waals surface area contributed by atoms with Gasteiger partial charge in [0.1, 0.15) is 17.7 Å². The lowest BCUT2D eigenvalue weighted by Crippen LogP contribution is -2.64. The van der Waals surface area contributed by atoms with E-state index < -0.39 is 48.1 Å². The summed E-state index contributed by atoms with van der Waals surface area (Å²) in [4.78, 5) is 34.2. The number of nitrogens with zero attached hydrogens (tertiary/aromatic N) is 4. The Balaban J connectivity index is 1.73. The van der Waals surface area contributed by atoms with Gasteiger partial charge in [-0.25, -0.2) is 18.2 Å². The standard InChI is InChI=1S/C25H31ClF3N5O2/c1-14-9-17(27)15(10-16(14)26)21-30-19(18-11-32(5)7-6-8-34(18)21)22(35)31-20(24(2,3)4)23(36)33-12-25(28,29)13-33/h9-10,20H,6-8,11-13H2,1-5H3,(H,31,35). The third-order valence-electron chi connectivity index (χ3n) is 6.66. The number of aryl methyl sites for hydroxylation is 1. The molecule has 1 fully saturated rings. The summed E-state index contributed by atoms with van der Waals surface area (Å²) in [6, 6.07) is 1.79. The summed E-state index contributed by atoms with van der Waals surface area (Å²) in [5.41, 5.74) is 0.688. The third-order valence-corrected chi connectivity index (χ3v) is 7.07. The molecule has 11 heteroatoms. The molecule has 1 N–H and O–H groups in total. The van der Waals surface area contributed by atoms with Gasteiger partial charge >= 0.3 is 0 Å². The highest BCUT2D eigenvalue weighted by Crippen LogP contribution is 2.33. The Kier molecular flexibility index (Phi) is 6.89. The summed E-state index contributed by atoms with van der Waals surface area (Å²) < 4.78 is 43.7. The van der Waals surface area contributed by atoms with Crippen LogP contribution in [0.3, 0.4) is 0 Å². The number of halogens is 4. The van der Waals surface area contributed by atoms with Crippen LogP contribution in [0.5, 0.6) is 0 Å². The molecule has 0 spiro atoms. The molecule has 0 saturated carbocycles. The van der Waals surface area contributed by atoms with E-state index in [-0.39, 0.29) is 17.1 Å². The zero-order valence-corrected chi connectivity index (χ0v) is 21.8. The third kappa shape index (κ3) is 5.11. The molecular formula is C25H31ClF3N5O2. The average Bonchev–Trinajstić information content (AvgIpc) is 2.97. The van der Waals surface area contributed by atoms with Crippen LogP contribution in [0.1, 0.15) is 48.9 Å². The molecule has 1 aromatic carbocycles. The van der Waals surface area contributed by atoms with E-state index in [1.54, 1.807) is 27.7 Å². The quantitative estimate of drug-likeness (QED) is 0.652. The lowest BCUT2D eigenvalue weighted by Gasteiger charge is -2.43. The molecule has 2 aliphatic rings. The Hall–Kier alpha value is -2.59. The summed E-state index contributed by atoms with van der Waals surface area (Å²) in [5, 5.41) is 3.13. The van der Waals surface area contributed by atoms with Gasteiger partial charge in [0.25, 0.3) is 11.8 Å². The van der Waals surface area contributed by atoms with Gasteiger partial charge in [-0.3, -0.25) is 9.59 Å². The molecule has 7 nitrogen and oxygen atoms in total. The van der Waals surface area contributed by atoms with E-state index in [4.69, 9.17) is 11.6 Å². The highest BCUT2D eigenvalue weighted by Gasteiger charge is 2.49. The van der Waals surface area contributed by atoms with Gasteiger partial charge in [-0.05, 0) is 50.0 Å². The van der Waals surface area contributed by atoms with E-state index in [9.17, 15) is 18.4 Å². The minimum atomic E-state index is -2.91. The number of rotatable bonds is 4. The largest absolute Gasteiger partial charge is 0.338 e. The van der Waals surface area contributed by atoms with Crippen LogP contribution in [-0.2, 0) is 17.9 Å². The van der Waals surface area contributed by atoms with Crippen LogP contribution in [0.25, 0.3) is 11.4 Å². The summed E-state index contributed by atoms with van der Waals surface area (Å²) in [7, 11) is 1.92. The molecule has 0 bridgehead atoms. The number of fused-ring (bicyclic) bond motifs is 1. The van der Waals surface area contributed by atoms with Crippen molar-refractivity contribution in [3.05, 3.63) is 39.9 Å². The van der Waals surface area contributed by atoms with Gasteiger partial charge in [0, 0.05) is 18.1 Å². The molecule has 3 heterocycles. The fraction of sp³-hybridized carbons (Fsp3) is 0.560. The van der Waals surface area contributed by atoms with Crippen molar-refractivity contribution in [3.63, 3.8) is 0 Å². The van der Waals surface area contributed by atoms with Gasteiger partial charge in [-0.1, -0.05) is 32.4 Å². The second-order valence-electron chi connectivity index (χ2n) is 10.9. The van der Waals surface area contributed by atoms with Gasteiger partial charge in [-0.2, -0.15) is 0 Å². The molecule has 2 aliphatic heterocycles. The SMILES string of the molecule is Cc1cc(F)c(-c2nc(C(=O)NC(C(=O)N3CC(F)(F)C3)C(C)(C)C)c3n2CCCN(C)C3)cc1Cl. The number of alkyl halides is 2. The van der Waals surface area contributed by atoms with E-state index in [1.807, 2.05) is 16.5 Å². The number of imidazole rings is 1. The predicted octanol–water partition coefficient (Wildman–Crippen LogP) is 4.11. The highest BCUT2D eigenvalue weighted by atomic mass is 35.5. The molecule has 2 amide bonds. The van der Waals surface area contributed by atoms with Crippen molar-refractivity contribution in [3.8, 4) is 11.4 Å². The first kappa shape index (κ1) is 26.5. The Morgan fingerprint density at radius 3 is 2.47 bits per heavy atom. The molecule has 1 atom stereocenters. The minimum absolute atomic E-state index is 0.0748. The Morgan fingerprint density at radius 2 is 1.86 bits per heavy atom. The van der Waals surface area contributed by atoms with Gasteiger partial charge < -0.3 is 19.7 Å². The van der Waals surface area contributed by atoms with E-state index in [1.165, 1.54) is 12.1 Å². The fourth-order valence-electron chi connectivity index (χ4n) is 4.62. The molecule has 0 aliphatic carbocycles. The smallest absolute Gasteiger partial charge is 0.282 e. The highest BCUT2D eigenvalue weighted by molar-refractivity contribution is 6.31. The van der Waals surface area contributed by atoms with Crippen molar-refractivity contribution in [1.29, 1.82) is 0 Å². The normalized spacial score (nSPS) is 18.8. The van der Waals surface area contributed by atoms with E-state index >= 15 is 4.39 Å². The number of hydrogen-bond donors (Lipinski definition) is 1. The first-order chi connectivity index (χ1) is 16.7. The Bertz CT molecular complexity index is 1200. The fourth-order valence-corrected chi connectivity index (χ4v) is 4.79. The van der Waals surface area contributed by atoms with Crippen LogP contribution in [0.15, 0.2) is 12.1 Å². The van der Waals surface area contributed by atoms with E-state index in [0.29, 0.717) is 29.4 Å². The van der Waals surface area contributed by atoms with E-state index in [0.717, 1.165) is 17.9 Å². The molecule has 2 aromatic rings. The number of amides is 2. The number of benzene rings is 1.